The van der Waals surface area contributed by atoms with Crippen molar-refractivity contribution in [2.45, 2.75) is 18.3 Å². The second kappa shape index (κ2) is 13.9. The van der Waals surface area contributed by atoms with Crippen LogP contribution in [0.15, 0.2) is 134 Å². The molecule has 5 aromatic rings. The Morgan fingerprint density at radius 2 is 1.05 bits per heavy atom. The van der Waals surface area contributed by atoms with Crippen LogP contribution >= 0.6 is 11.8 Å². The van der Waals surface area contributed by atoms with Crippen molar-refractivity contribution in [1.29, 1.82) is 0 Å². The van der Waals surface area contributed by atoms with E-state index in [1.54, 1.807) is 17.8 Å². The second-order valence-corrected chi connectivity index (χ2v) is 10.4. The maximum absolute atomic E-state index is 11.1. The van der Waals surface area contributed by atoms with Crippen LogP contribution in [0.3, 0.4) is 0 Å². The van der Waals surface area contributed by atoms with Crippen molar-refractivity contribution < 1.29 is 24.2 Å². The average Bonchev–Trinajstić information content (AvgIpc) is 3.04. The average molecular weight is 566 g/mol. The van der Waals surface area contributed by atoms with Gasteiger partial charge in [0.2, 0.25) is 5.75 Å². The van der Waals surface area contributed by atoms with Gasteiger partial charge < -0.3 is 9.47 Å². The molecule has 0 saturated heterocycles. The number of hydrogen-bond acceptors (Lipinski definition) is 6. The van der Waals surface area contributed by atoms with Crippen molar-refractivity contribution in [1.82, 2.24) is 0 Å². The second-order valence-electron chi connectivity index (χ2n) is 9.49. The lowest BCUT2D eigenvalue weighted by atomic mass is 10.0. The lowest BCUT2D eigenvalue weighted by Gasteiger charge is -2.24. The predicted molar refractivity (Wildman–Crippen MR) is 161 cm³/mol. The molecule has 208 valence electrons. The predicted octanol–water partition coefficient (Wildman–Crippen LogP) is 6.84. The van der Waals surface area contributed by atoms with Gasteiger partial charge >= 0.3 is 0 Å². The molecular weight excluding hydrogens is 532 g/mol. The van der Waals surface area contributed by atoms with Gasteiger partial charge in [0.05, 0.1) is 6.07 Å². The van der Waals surface area contributed by atoms with Gasteiger partial charge in [0, 0.05) is 10.5 Å². The maximum atomic E-state index is 11.1. The van der Waals surface area contributed by atoms with E-state index in [1.165, 1.54) is 6.20 Å². The van der Waals surface area contributed by atoms with Gasteiger partial charge in [0.15, 0.2) is 11.9 Å². The summed E-state index contributed by atoms with van der Waals surface area (Å²) < 4.78 is 14.5. The van der Waals surface area contributed by atoms with E-state index in [1.807, 2.05) is 128 Å². The first-order valence-electron chi connectivity index (χ1n) is 13.3. The number of ether oxygens (including phenoxy) is 2. The molecule has 0 aliphatic rings. The minimum Gasteiger partial charge on any atom is -0.477 e. The van der Waals surface area contributed by atoms with Gasteiger partial charge in [-0.3, -0.25) is 10.0 Å². The molecule has 0 fully saturated rings. The van der Waals surface area contributed by atoms with Crippen LogP contribution in [-0.2, 0) is 4.84 Å². The van der Waals surface area contributed by atoms with Gasteiger partial charge in [-0.05, 0) is 28.5 Å². The molecule has 1 atom stereocenters. The Morgan fingerprint density at radius 3 is 1.41 bits per heavy atom. The fourth-order valence-electron chi connectivity index (χ4n) is 4.71. The van der Waals surface area contributed by atoms with Crippen LogP contribution in [0, 0.1) is 0 Å². The number of benzene rings is 4. The van der Waals surface area contributed by atoms with Crippen molar-refractivity contribution in [3.05, 3.63) is 162 Å². The van der Waals surface area contributed by atoms with Crippen molar-refractivity contribution in [3.63, 3.8) is 0 Å². The van der Waals surface area contributed by atoms with E-state index >= 15 is 0 Å². The van der Waals surface area contributed by atoms with Crippen LogP contribution in [0.25, 0.3) is 0 Å². The number of nitrogens with zero attached hydrogens (tertiary/aromatic N) is 1. The molecule has 1 aromatic heterocycles. The fourth-order valence-corrected chi connectivity index (χ4v) is 5.26. The van der Waals surface area contributed by atoms with Crippen LogP contribution in [-0.4, -0.2) is 17.2 Å². The summed E-state index contributed by atoms with van der Waals surface area (Å²) in [6.07, 6.45) is 2.01. The van der Waals surface area contributed by atoms with E-state index in [0.717, 1.165) is 27.0 Å². The van der Waals surface area contributed by atoms with Gasteiger partial charge in [-0.2, -0.15) is 11.8 Å². The highest BCUT2D eigenvalue weighted by Gasteiger charge is 2.31. The third kappa shape index (κ3) is 6.89. The Balaban J connectivity index is 1.63. The lowest BCUT2D eigenvalue weighted by molar-refractivity contribution is -0.911. The zero-order valence-electron chi connectivity index (χ0n) is 22.7. The van der Waals surface area contributed by atoms with Crippen molar-refractivity contribution in [3.8, 4) is 11.5 Å². The normalized spacial score (nSPS) is 11.9. The lowest BCUT2D eigenvalue weighted by Crippen LogP contribution is -2.38. The van der Waals surface area contributed by atoms with Crippen LogP contribution in [0.4, 0.5) is 0 Å². The number of hydrogen-bond donors (Lipinski definition) is 2. The number of rotatable bonds is 12. The van der Waals surface area contributed by atoms with Crippen LogP contribution < -0.4 is 20.1 Å². The summed E-state index contributed by atoms with van der Waals surface area (Å²) in [5.74, 6) is 7.00. The largest absolute Gasteiger partial charge is 0.477 e. The molecule has 5 rings (SSSR count). The number of aromatic nitrogens is 1. The first-order chi connectivity index (χ1) is 20.2. The summed E-state index contributed by atoms with van der Waals surface area (Å²) in [6.45, 7) is 0. The van der Waals surface area contributed by atoms with Gasteiger partial charge in [0.25, 0.3) is 11.9 Å². The third-order valence-corrected chi connectivity index (χ3v) is 7.37. The van der Waals surface area contributed by atoms with E-state index in [9.17, 15) is 5.21 Å². The molecule has 0 unspecified atom stereocenters. The van der Waals surface area contributed by atoms with E-state index in [0.29, 0.717) is 22.9 Å². The zero-order valence-corrected chi connectivity index (χ0v) is 23.6. The molecule has 0 aliphatic carbocycles. The molecule has 6 nitrogen and oxygen atoms in total. The molecule has 1 heterocycles. The Labute approximate surface area is 244 Å². The molecule has 0 saturated carbocycles. The van der Waals surface area contributed by atoms with Crippen LogP contribution in [0.1, 0.15) is 46.3 Å². The summed E-state index contributed by atoms with van der Waals surface area (Å²) >= 11 is 1.56. The highest BCUT2D eigenvalue weighted by molar-refractivity contribution is 7.98. The Kier molecular flexibility index (Phi) is 9.54. The molecule has 0 amide bonds. The summed E-state index contributed by atoms with van der Waals surface area (Å²) in [5, 5.41) is 11.1. The molecule has 0 aliphatic heterocycles. The summed E-state index contributed by atoms with van der Waals surface area (Å²) in [7, 11) is 0. The quantitative estimate of drug-likeness (QED) is 0.0980. The van der Waals surface area contributed by atoms with Crippen molar-refractivity contribution >= 4 is 11.8 Å². The van der Waals surface area contributed by atoms with E-state index in [4.69, 9.17) is 20.2 Å². The summed E-state index contributed by atoms with van der Waals surface area (Å²) in [6, 6.07) is 41.7. The zero-order chi connectivity index (χ0) is 28.4. The number of pyridine rings is 1. The van der Waals surface area contributed by atoms with Gasteiger partial charge in [0.1, 0.15) is 12.2 Å². The van der Waals surface area contributed by atoms with E-state index < -0.39 is 18.3 Å². The monoisotopic (exact) mass is 565 g/mol. The molecule has 0 radical (unpaired) electrons. The smallest absolute Gasteiger partial charge is 0.269 e. The minimum atomic E-state index is -0.572. The van der Waals surface area contributed by atoms with Crippen molar-refractivity contribution in [2.24, 2.45) is 5.90 Å². The topological polar surface area (TPSA) is 77.8 Å². The Bertz CT molecular complexity index is 1430. The SMILES string of the molecule is CSC[C@H](ON)c1cc(OC(c2ccccc2)c2ccccc2)c(OC(c2ccccc2)c2ccccc2)c[n+]1O. The highest BCUT2D eigenvalue weighted by atomic mass is 32.2. The molecular formula is C34H33N2O4S+. The fraction of sp³-hybridized carbons (Fsp3) is 0.147. The Morgan fingerprint density at radius 1 is 0.659 bits per heavy atom. The van der Waals surface area contributed by atoms with Crippen molar-refractivity contribution in [2.75, 3.05) is 12.0 Å². The van der Waals surface area contributed by atoms with Crippen LogP contribution in [0.2, 0.25) is 0 Å². The number of nitrogens with two attached hydrogens (primary N) is 1. The van der Waals surface area contributed by atoms with E-state index in [-0.39, 0.29) is 0 Å². The minimum absolute atomic E-state index is 0.366. The van der Waals surface area contributed by atoms with Gasteiger partial charge in [-0.1, -0.05) is 121 Å². The first-order valence-corrected chi connectivity index (χ1v) is 14.7. The third-order valence-electron chi connectivity index (χ3n) is 6.74. The van der Waals surface area contributed by atoms with Gasteiger partial charge in [-0.15, -0.1) is 0 Å². The summed E-state index contributed by atoms with van der Waals surface area (Å²) in [4.78, 5) is 5.25. The highest BCUT2D eigenvalue weighted by Crippen LogP contribution is 2.39. The standard InChI is InChI=1S/C34H33N2O4S/c1-41-24-32(40-35)29-22-30(38-33(25-14-6-2-7-15-25)26-16-8-3-9-17-26)31(23-36(29)37)39-34(27-18-10-4-11-19-27)28-20-12-5-13-21-28/h2-23,32-34,37H,24,35H2,1H3/q+1/t32-/m0/s1. The molecule has 0 spiro atoms. The van der Waals surface area contributed by atoms with Gasteiger partial charge in [-0.25, -0.2) is 5.90 Å². The molecule has 41 heavy (non-hydrogen) atoms. The maximum Gasteiger partial charge on any atom is 0.269 e. The molecule has 7 heteroatoms. The molecule has 0 bridgehead atoms. The first kappa shape index (κ1) is 28.2. The molecule has 3 N–H and O–H groups in total. The van der Waals surface area contributed by atoms with Crippen LogP contribution in [0.5, 0.6) is 11.5 Å². The Hall–Kier alpha value is -4.30. The summed E-state index contributed by atoms with van der Waals surface area (Å²) in [5.41, 5.74) is 4.33. The number of thioether (sulfide) groups is 1. The molecule has 4 aromatic carbocycles. The van der Waals surface area contributed by atoms with E-state index in [2.05, 4.69) is 0 Å².